The lowest BCUT2D eigenvalue weighted by Gasteiger charge is -2.31. The number of carbonyl (C=O) groups is 3. The monoisotopic (exact) mass is 458 g/mol. The highest BCUT2D eigenvalue weighted by Gasteiger charge is 2.28. The number of likely N-dealkylation sites (tertiary alicyclic amines) is 1. The third-order valence-electron chi connectivity index (χ3n) is 6.50. The number of rotatable bonds is 6. The summed E-state index contributed by atoms with van der Waals surface area (Å²) >= 11 is 0. The van der Waals surface area contributed by atoms with Crippen LogP contribution in [0, 0.1) is 5.92 Å². The molecule has 0 spiro atoms. The van der Waals surface area contributed by atoms with Gasteiger partial charge in [-0.2, -0.15) is 0 Å². The number of piperidine rings is 1. The van der Waals surface area contributed by atoms with Crippen molar-refractivity contribution in [1.29, 1.82) is 0 Å². The van der Waals surface area contributed by atoms with E-state index in [4.69, 9.17) is 9.47 Å². The van der Waals surface area contributed by atoms with E-state index in [2.05, 4.69) is 5.32 Å². The molecule has 0 saturated carbocycles. The first-order chi connectivity index (χ1) is 16.6. The number of ketones is 1. The van der Waals surface area contributed by atoms with Crippen LogP contribution < -0.4 is 14.8 Å². The minimum atomic E-state index is -0.159. The molecule has 1 N–H and O–H groups in total. The largest absolute Gasteiger partial charge is 0.454 e. The van der Waals surface area contributed by atoms with Crippen LogP contribution in [-0.4, -0.2) is 42.4 Å². The summed E-state index contributed by atoms with van der Waals surface area (Å²) in [5.74, 6) is 1.01. The molecule has 3 aromatic rings. The van der Waals surface area contributed by atoms with Crippen LogP contribution in [0.1, 0.15) is 36.0 Å². The van der Waals surface area contributed by atoms with Gasteiger partial charge in [-0.25, -0.2) is 0 Å². The van der Waals surface area contributed by atoms with E-state index in [1.54, 1.807) is 23.1 Å². The van der Waals surface area contributed by atoms with Crippen LogP contribution in [-0.2, 0) is 9.59 Å². The molecule has 2 heterocycles. The smallest absolute Gasteiger partial charge is 0.231 e. The SMILES string of the molecule is O=C(CCC(=O)N1CCC(C(=O)Nc2ccc3c(c2)OCO3)CC1)c1ccc2ccccc2c1. The predicted molar refractivity (Wildman–Crippen MR) is 128 cm³/mol. The fraction of sp³-hybridized carbons (Fsp3) is 0.296. The number of amides is 2. The summed E-state index contributed by atoms with van der Waals surface area (Å²) in [5, 5.41) is 5.03. The first-order valence-corrected chi connectivity index (χ1v) is 11.6. The average Bonchev–Trinajstić information content (AvgIpc) is 3.35. The molecule has 0 radical (unpaired) electrons. The number of hydrogen-bond donors (Lipinski definition) is 1. The van der Waals surface area contributed by atoms with E-state index in [9.17, 15) is 14.4 Å². The van der Waals surface area contributed by atoms with Gasteiger partial charge in [0.15, 0.2) is 17.3 Å². The van der Waals surface area contributed by atoms with Crippen molar-refractivity contribution in [3.8, 4) is 11.5 Å². The number of Topliss-reactive ketones (excluding diaryl/α,β-unsaturated/α-hetero) is 1. The fourth-order valence-corrected chi connectivity index (χ4v) is 4.50. The van der Waals surface area contributed by atoms with Crippen LogP contribution in [0.25, 0.3) is 10.8 Å². The zero-order valence-electron chi connectivity index (χ0n) is 18.8. The van der Waals surface area contributed by atoms with Gasteiger partial charge in [-0.1, -0.05) is 36.4 Å². The fourth-order valence-electron chi connectivity index (χ4n) is 4.50. The Hall–Kier alpha value is -3.87. The molecular weight excluding hydrogens is 432 g/mol. The van der Waals surface area contributed by atoms with Gasteiger partial charge in [0.2, 0.25) is 18.6 Å². The number of hydrogen-bond acceptors (Lipinski definition) is 5. The molecule has 34 heavy (non-hydrogen) atoms. The molecule has 7 nitrogen and oxygen atoms in total. The summed E-state index contributed by atoms with van der Waals surface area (Å²) < 4.78 is 10.6. The summed E-state index contributed by atoms with van der Waals surface area (Å²) in [4.78, 5) is 39.7. The molecule has 0 bridgehead atoms. The third kappa shape index (κ3) is 4.73. The first-order valence-electron chi connectivity index (χ1n) is 11.6. The van der Waals surface area contributed by atoms with Gasteiger partial charge in [-0.15, -0.1) is 0 Å². The highest BCUT2D eigenvalue weighted by atomic mass is 16.7. The Labute approximate surface area is 197 Å². The molecule has 2 aliphatic rings. The van der Waals surface area contributed by atoms with E-state index < -0.39 is 0 Å². The Morgan fingerprint density at radius 1 is 0.853 bits per heavy atom. The molecule has 2 aliphatic heterocycles. The lowest BCUT2D eigenvalue weighted by molar-refractivity contribution is -0.134. The van der Waals surface area contributed by atoms with E-state index in [0.29, 0.717) is 48.7 Å². The van der Waals surface area contributed by atoms with Gasteiger partial charge in [0, 0.05) is 49.2 Å². The van der Waals surface area contributed by atoms with Crippen molar-refractivity contribution in [2.45, 2.75) is 25.7 Å². The van der Waals surface area contributed by atoms with Crippen molar-refractivity contribution in [3.05, 3.63) is 66.2 Å². The lowest BCUT2D eigenvalue weighted by Crippen LogP contribution is -2.41. The van der Waals surface area contributed by atoms with E-state index in [1.807, 2.05) is 42.5 Å². The van der Waals surface area contributed by atoms with Gasteiger partial charge in [0.1, 0.15) is 0 Å². The average molecular weight is 459 g/mol. The van der Waals surface area contributed by atoms with E-state index >= 15 is 0 Å². The van der Waals surface area contributed by atoms with Crippen molar-refractivity contribution >= 4 is 34.1 Å². The van der Waals surface area contributed by atoms with Crippen LogP contribution in [0.4, 0.5) is 5.69 Å². The Kier molecular flexibility index (Phi) is 6.16. The highest BCUT2D eigenvalue weighted by molar-refractivity contribution is 6.01. The predicted octanol–water partition coefficient (Wildman–Crippen LogP) is 4.41. The summed E-state index contributed by atoms with van der Waals surface area (Å²) in [7, 11) is 0. The Balaban J connectivity index is 1.09. The molecule has 0 unspecified atom stereocenters. The Bertz CT molecular complexity index is 1250. The van der Waals surface area contributed by atoms with Crippen molar-refractivity contribution in [3.63, 3.8) is 0 Å². The topological polar surface area (TPSA) is 84.9 Å². The molecule has 1 saturated heterocycles. The number of anilines is 1. The number of ether oxygens (including phenoxy) is 2. The maximum absolute atomic E-state index is 12.7. The molecule has 174 valence electrons. The minimum Gasteiger partial charge on any atom is -0.454 e. The molecule has 0 aliphatic carbocycles. The second-order valence-electron chi connectivity index (χ2n) is 8.70. The molecule has 0 aromatic heterocycles. The molecule has 0 atom stereocenters. The quantitative estimate of drug-likeness (QED) is 0.553. The Morgan fingerprint density at radius 3 is 2.44 bits per heavy atom. The van der Waals surface area contributed by atoms with Gasteiger partial charge in [0.05, 0.1) is 0 Å². The van der Waals surface area contributed by atoms with Gasteiger partial charge in [-0.3, -0.25) is 14.4 Å². The molecule has 3 aromatic carbocycles. The second-order valence-corrected chi connectivity index (χ2v) is 8.70. The lowest BCUT2D eigenvalue weighted by atomic mass is 9.95. The van der Waals surface area contributed by atoms with E-state index in [-0.39, 0.29) is 43.2 Å². The highest BCUT2D eigenvalue weighted by Crippen LogP contribution is 2.34. The van der Waals surface area contributed by atoms with Crippen LogP contribution in [0.3, 0.4) is 0 Å². The Morgan fingerprint density at radius 2 is 1.62 bits per heavy atom. The van der Waals surface area contributed by atoms with Gasteiger partial charge in [-0.05, 0) is 41.8 Å². The van der Waals surface area contributed by atoms with E-state index in [0.717, 1.165) is 10.8 Å². The number of nitrogens with zero attached hydrogens (tertiary/aromatic N) is 1. The van der Waals surface area contributed by atoms with Crippen molar-refractivity contribution in [2.24, 2.45) is 5.92 Å². The molecule has 1 fully saturated rings. The summed E-state index contributed by atoms with van der Waals surface area (Å²) in [6.45, 7) is 1.22. The molecule has 2 amide bonds. The number of nitrogens with one attached hydrogen (secondary N) is 1. The third-order valence-corrected chi connectivity index (χ3v) is 6.50. The maximum Gasteiger partial charge on any atom is 0.231 e. The summed E-state index contributed by atoms with van der Waals surface area (Å²) in [6.07, 6.45) is 1.56. The van der Waals surface area contributed by atoms with E-state index in [1.165, 1.54) is 0 Å². The van der Waals surface area contributed by atoms with Crippen molar-refractivity contribution < 1.29 is 23.9 Å². The van der Waals surface area contributed by atoms with Crippen molar-refractivity contribution in [2.75, 3.05) is 25.2 Å². The maximum atomic E-state index is 12.7. The van der Waals surface area contributed by atoms with Crippen LogP contribution in [0.5, 0.6) is 11.5 Å². The molecule has 7 heteroatoms. The van der Waals surface area contributed by atoms with Crippen molar-refractivity contribution in [1.82, 2.24) is 4.90 Å². The normalized spacial score (nSPS) is 15.4. The van der Waals surface area contributed by atoms with Crippen LogP contribution in [0.15, 0.2) is 60.7 Å². The minimum absolute atomic E-state index is 0.0305. The number of fused-ring (bicyclic) bond motifs is 2. The standard InChI is InChI=1S/C27H26N2O5/c30-23(21-6-5-18-3-1-2-4-20(18)15-21)8-10-26(31)29-13-11-19(12-14-29)27(32)28-22-7-9-24-25(16-22)34-17-33-24/h1-7,9,15-16,19H,8,10-14,17H2,(H,28,32). The second kappa shape index (κ2) is 9.55. The molecule has 5 rings (SSSR count). The van der Waals surface area contributed by atoms with Crippen LogP contribution >= 0.6 is 0 Å². The molecular formula is C27H26N2O5. The zero-order chi connectivity index (χ0) is 23.5. The number of carbonyl (C=O) groups excluding carboxylic acids is 3. The van der Waals surface area contributed by atoms with Gasteiger partial charge in [0.25, 0.3) is 0 Å². The van der Waals surface area contributed by atoms with Gasteiger partial charge < -0.3 is 19.7 Å². The summed E-state index contributed by atoms with van der Waals surface area (Å²) in [5.41, 5.74) is 1.30. The first kappa shape index (κ1) is 21.9. The van der Waals surface area contributed by atoms with Crippen LogP contribution in [0.2, 0.25) is 0 Å². The number of benzene rings is 3. The zero-order valence-corrected chi connectivity index (χ0v) is 18.8. The summed E-state index contributed by atoms with van der Waals surface area (Å²) in [6, 6.07) is 18.8. The van der Waals surface area contributed by atoms with Gasteiger partial charge >= 0.3 is 0 Å².